The SMILES string of the molecule is CCCCCCC(=O)C[C@@H](CCN)C(=O)N[C@H](C(=O)C[C@@H](CCN)C(=O)N[C@H]1CCNC(=O)[C@H](CC(C)C)NC(=O)[C@H](CCN)CC(=O)[C@H](CCN)NC(=O)[C@H](CC(C)C)NC(=O)[C@@H](Cc2ccccc2)CC(=O)[C@H](CCN)NC1=O)[C@@H](C)O. The van der Waals surface area contributed by atoms with Crippen molar-refractivity contribution in [1.82, 2.24) is 37.2 Å². The predicted octanol–water partition coefficient (Wildman–Crippen LogP) is 0.147. The van der Waals surface area contributed by atoms with Crippen LogP contribution < -0.4 is 65.9 Å². The average molecular weight is 1180 g/mol. The number of aliphatic hydroxyl groups is 1. The molecule has 1 saturated heterocycles. The van der Waals surface area contributed by atoms with E-state index in [-0.39, 0.29) is 134 Å². The summed E-state index contributed by atoms with van der Waals surface area (Å²) >= 11 is 0. The number of hydrogen-bond donors (Lipinski definition) is 13. The minimum absolute atomic E-state index is 0.00140. The molecule has 7 amide bonds. The number of Topliss-reactive ketones (excluding diaryl/α,β-unsaturated/α-hetero) is 4. The number of rotatable bonds is 31. The molecule has 1 aliphatic heterocycles. The van der Waals surface area contributed by atoms with Crippen LogP contribution in [0.4, 0.5) is 0 Å². The molecule has 1 fully saturated rings. The lowest BCUT2D eigenvalue weighted by Crippen LogP contribution is -2.55. The van der Waals surface area contributed by atoms with E-state index in [1.54, 1.807) is 30.3 Å². The van der Waals surface area contributed by atoms with Crippen LogP contribution >= 0.6 is 0 Å². The molecule has 1 heterocycles. The minimum Gasteiger partial charge on any atom is -0.391 e. The van der Waals surface area contributed by atoms with Crippen molar-refractivity contribution in [1.29, 1.82) is 0 Å². The fourth-order valence-corrected chi connectivity index (χ4v) is 10.3. The summed E-state index contributed by atoms with van der Waals surface area (Å²) in [5, 5.41) is 29.9. The molecule has 11 atom stereocenters. The third-order valence-electron chi connectivity index (χ3n) is 15.0. The number of amides is 7. The molecule has 1 aromatic rings. The summed E-state index contributed by atoms with van der Waals surface area (Å²) in [6, 6.07) is 0.953. The van der Waals surface area contributed by atoms with Gasteiger partial charge in [0, 0.05) is 62.3 Å². The Hall–Kier alpha value is -6.05. The molecule has 0 aromatic heterocycles. The summed E-state index contributed by atoms with van der Waals surface area (Å²) in [4.78, 5) is 155. The van der Waals surface area contributed by atoms with Crippen molar-refractivity contribution in [2.45, 2.75) is 199 Å². The molecule has 0 aliphatic carbocycles. The van der Waals surface area contributed by atoms with Gasteiger partial charge >= 0.3 is 0 Å². The first-order chi connectivity index (χ1) is 39.9. The van der Waals surface area contributed by atoms with Gasteiger partial charge < -0.3 is 71.0 Å². The van der Waals surface area contributed by atoms with Crippen LogP contribution in [-0.4, -0.2) is 151 Å². The average Bonchev–Trinajstić information content (AvgIpc) is 3.64. The Labute approximate surface area is 496 Å². The van der Waals surface area contributed by atoms with E-state index in [4.69, 9.17) is 28.7 Å². The zero-order valence-electron chi connectivity index (χ0n) is 50.7. The van der Waals surface area contributed by atoms with E-state index in [1.807, 2.05) is 34.6 Å². The summed E-state index contributed by atoms with van der Waals surface area (Å²) in [6.45, 7) is 10.2. The minimum atomic E-state index is -1.52. The highest BCUT2D eigenvalue weighted by molar-refractivity contribution is 5.99. The largest absolute Gasteiger partial charge is 0.391 e. The van der Waals surface area contributed by atoms with Crippen LogP contribution in [0.1, 0.15) is 156 Å². The topological polar surface area (TPSA) is 422 Å². The molecule has 0 unspecified atom stereocenters. The molecule has 0 spiro atoms. The first-order valence-corrected chi connectivity index (χ1v) is 30.4. The first kappa shape index (κ1) is 74.1. The van der Waals surface area contributed by atoms with Gasteiger partial charge in [0.25, 0.3) is 0 Å². The number of carbonyl (C=O) groups excluding carboxylic acids is 11. The second-order valence-corrected chi connectivity index (χ2v) is 23.3. The van der Waals surface area contributed by atoms with Crippen molar-refractivity contribution in [2.24, 2.45) is 64.2 Å². The van der Waals surface area contributed by atoms with E-state index < -0.39 is 138 Å². The normalized spacial score (nSPS) is 22.6. The molecule has 0 bridgehead atoms. The molecule has 1 aliphatic rings. The van der Waals surface area contributed by atoms with Crippen molar-refractivity contribution >= 4 is 64.5 Å². The van der Waals surface area contributed by atoms with E-state index in [0.29, 0.717) is 12.0 Å². The summed E-state index contributed by atoms with van der Waals surface area (Å²) in [6.07, 6.45) is 0.728. The molecule has 18 N–H and O–H groups in total. The summed E-state index contributed by atoms with van der Waals surface area (Å²) in [5.74, 6) is -11.7. The van der Waals surface area contributed by atoms with Crippen LogP contribution in [-0.2, 0) is 59.2 Å². The zero-order chi connectivity index (χ0) is 62.9. The summed E-state index contributed by atoms with van der Waals surface area (Å²) in [7, 11) is 0. The number of hydrogen-bond acceptors (Lipinski definition) is 17. The second kappa shape index (κ2) is 40.3. The lowest BCUT2D eigenvalue weighted by molar-refractivity contribution is -0.137. The van der Waals surface area contributed by atoms with Crippen molar-refractivity contribution in [3.05, 3.63) is 35.9 Å². The Balaban J connectivity index is 2.72. The fraction of sp³-hybridized carbons (Fsp3) is 0.717. The van der Waals surface area contributed by atoms with Gasteiger partial charge in [0.2, 0.25) is 41.4 Å². The number of benzene rings is 1. The Kier molecular flexibility index (Phi) is 35.5. The molecule has 2 rings (SSSR count). The number of carbonyl (C=O) groups is 11. The predicted molar refractivity (Wildman–Crippen MR) is 320 cm³/mol. The van der Waals surface area contributed by atoms with E-state index in [0.717, 1.165) is 19.3 Å². The van der Waals surface area contributed by atoms with E-state index in [2.05, 4.69) is 37.2 Å². The van der Waals surface area contributed by atoms with Gasteiger partial charge in [-0.05, 0) is 121 Å². The molecule has 84 heavy (non-hydrogen) atoms. The highest BCUT2D eigenvalue weighted by Gasteiger charge is 2.37. The van der Waals surface area contributed by atoms with Crippen LogP contribution in [0.3, 0.4) is 0 Å². The maximum absolute atomic E-state index is 14.7. The molecule has 474 valence electrons. The van der Waals surface area contributed by atoms with Crippen molar-refractivity contribution in [3.63, 3.8) is 0 Å². The van der Waals surface area contributed by atoms with Crippen LogP contribution in [0.25, 0.3) is 0 Å². The lowest BCUT2D eigenvalue weighted by Gasteiger charge is -2.28. The first-order valence-electron chi connectivity index (χ1n) is 30.4. The molecule has 24 nitrogen and oxygen atoms in total. The third kappa shape index (κ3) is 27.3. The number of nitrogens with two attached hydrogens (primary N) is 5. The molecule has 0 saturated carbocycles. The van der Waals surface area contributed by atoms with Gasteiger partial charge in [0.15, 0.2) is 17.3 Å². The maximum atomic E-state index is 14.7. The molecule has 24 heteroatoms. The number of nitrogens with one attached hydrogen (secondary N) is 7. The molecule has 1 aromatic carbocycles. The standard InChI is InChI=1S/C60H102N12O12/c1-7-8-9-13-16-44(74)32-40(17-23-61)56(80)72-53(38(6)73)52(77)34-42(19-25-63)54(78)69-47-22-28-66-58(82)48(29-36(2)3)70-55(79)41(18-24-62)33-50(75)45(20-26-64)68-60(84)49(30-37(4)5)71-57(81)43(31-39-14-11-10-12-15-39)35-51(76)46(21-27-65)67-59(47)83/h10-12,14-15,36-38,40-43,45-49,53,73H,7-9,13,16-35,61-65H2,1-6H3,(H,66,82)(H,67,83)(H,68,84)(H,69,78)(H,70,79)(H,71,81)(H,72,80)/t38-,40-,41-,42-,43+,45+,46+,47+,48+,49+,53+/m1/s1. The lowest BCUT2D eigenvalue weighted by atomic mass is 9.89. The highest BCUT2D eigenvalue weighted by Crippen LogP contribution is 2.21. The van der Waals surface area contributed by atoms with E-state index in [9.17, 15) is 57.8 Å². The second-order valence-electron chi connectivity index (χ2n) is 23.3. The van der Waals surface area contributed by atoms with E-state index >= 15 is 0 Å². The Morgan fingerprint density at radius 1 is 0.595 bits per heavy atom. The molecular weight excluding hydrogens is 1080 g/mol. The Morgan fingerprint density at radius 2 is 1.11 bits per heavy atom. The quantitative estimate of drug-likeness (QED) is 0.0440. The van der Waals surface area contributed by atoms with Crippen LogP contribution in [0.15, 0.2) is 30.3 Å². The van der Waals surface area contributed by atoms with Gasteiger partial charge in [0.05, 0.1) is 18.2 Å². The van der Waals surface area contributed by atoms with Crippen LogP contribution in [0.2, 0.25) is 0 Å². The van der Waals surface area contributed by atoms with Gasteiger partial charge in [-0.25, -0.2) is 0 Å². The van der Waals surface area contributed by atoms with Crippen molar-refractivity contribution in [3.8, 4) is 0 Å². The van der Waals surface area contributed by atoms with Crippen LogP contribution in [0.5, 0.6) is 0 Å². The van der Waals surface area contributed by atoms with E-state index in [1.165, 1.54) is 6.92 Å². The zero-order valence-corrected chi connectivity index (χ0v) is 50.7. The smallest absolute Gasteiger partial charge is 0.243 e. The third-order valence-corrected chi connectivity index (χ3v) is 15.0. The van der Waals surface area contributed by atoms with Gasteiger partial charge in [0.1, 0.15) is 30.0 Å². The summed E-state index contributed by atoms with van der Waals surface area (Å²) < 4.78 is 0. The Morgan fingerprint density at radius 3 is 1.63 bits per heavy atom. The van der Waals surface area contributed by atoms with Crippen molar-refractivity contribution in [2.75, 3.05) is 39.3 Å². The Bertz CT molecular complexity index is 2270. The molecular formula is C60H102N12O12. The van der Waals surface area contributed by atoms with Crippen molar-refractivity contribution < 1.29 is 57.8 Å². The van der Waals surface area contributed by atoms with Gasteiger partial charge in [-0.2, -0.15) is 0 Å². The van der Waals surface area contributed by atoms with Crippen LogP contribution in [0, 0.1) is 35.5 Å². The number of unbranched alkanes of at least 4 members (excludes halogenated alkanes) is 3. The maximum Gasteiger partial charge on any atom is 0.243 e. The number of aliphatic hydroxyl groups excluding tert-OH is 1. The van der Waals surface area contributed by atoms with Gasteiger partial charge in [-0.1, -0.05) is 84.2 Å². The summed E-state index contributed by atoms with van der Waals surface area (Å²) in [5.41, 5.74) is 30.4. The number of ketones is 4. The monoisotopic (exact) mass is 1180 g/mol. The highest BCUT2D eigenvalue weighted by atomic mass is 16.3. The van der Waals surface area contributed by atoms with Gasteiger partial charge in [-0.3, -0.25) is 52.7 Å². The molecule has 0 radical (unpaired) electrons. The van der Waals surface area contributed by atoms with Gasteiger partial charge in [-0.15, -0.1) is 0 Å². The fourth-order valence-electron chi connectivity index (χ4n) is 10.3.